The van der Waals surface area contributed by atoms with Crippen molar-refractivity contribution in [3.05, 3.63) is 22.8 Å². The predicted molar refractivity (Wildman–Crippen MR) is 74.8 cm³/mol. The third-order valence-corrected chi connectivity index (χ3v) is 3.81. The van der Waals surface area contributed by atoms with Gasteiger partial charge in [-0.3, -0.25) is 0 Å². The van der Waals surface area contributed by atoms with E-state index in [-0.39, 0.29) is 0 Å². The van der Waals surface area contributed by atoms with Crippen molar-refractivity contribution in [3.8, 4) is 0 Å². The van der Waals surface area contributed by atoms with Gasteiger partial charge in [0, 0.05) is 37.6 Å². The monoisotopic (exact) mass is 233 g/mol. The van der Waals surface area contributed by atoms with Crippen molar-refractivity contribution >= 4 is 11.4 Å². The Morgan fingerprint density at radius 3 is 2.18 bits per heavy atom. The molecule has 1 aliphatic heterocycles. The molecule has 17 heavy (non-hydrogen) atoms. The van der Waals surface area contributed by atoms with Gasteiger partial charge in [0.05, 0.1) is 0 Å². The van der Waals surface area contributed by atoms with Gasteiger partial charge in [0.25, 0.3) is 0 Å². The lowest BCUT2D eigenvalue weighted by atomic mass is 10.0. The molecule has 0 amide bonds. The Morgan fingerprint density at radius 1 is 1.00 bits per heavy atom. The molecule has 0 saturated carbocycles. The molecule has 1 aliphatic rings. The van der Waals surface area contributed by atoms with E-state index < -0.39 is 0 Å². The lowest BCUT2D eigenvalue weighted by molar-refractivity contribution is 0.312. The molecule has 3 nitrogen and oxygen atoms in total. The highest BCUT2D eigenvalue weighted by atomic mass is 15.2. The van der Waals surface area contributed by atoms with Crippen molar-refractivity contribution in [2.24, 2.45) is 0 Å². The Morgan fingerprint density at radius 2 is 1.59 bits per heavy atom. The number of anilines is 2. The maximum atomic E-state index is 6.15. The zero-order valence-corrected chi connectivity index (χ0v) is 11.4. The molecular formula is C14H23N3. The van der Waals surface area contributed by atoms with E-state index in [1.54, 1.807) is 0 Å². The summed E-state index contributed by atoms with van der Waals surface area (Å²) in [6.45, 7) is 10.9. The fraction of sp³-hybridized carbons (Fsp3) is 0.571. The van der Waals surface area contributed by atoms with Gasteiger partial charge in [-0.25, -0.2) is 0 Å². The average molecular weight is 233 g/mol. The molecule has 1 aromatic rings. The minimum Gasteiger partial charge on any atom is -0.398 e. The Kier molecular flexibility index (Phi) is 3.29. The molecule has 0 unspecified atom stereocenters. The number of nitrogen functional groups attached to an aromatic ring is 1. The van der Waals surface area contributed by atoms with Gasteiger partial charge in [-0.05, 0) is 44.5 Å². The molecule has 0 aromatic heterocycles. The van der Waals surface area contributed by atoms with Gasteiger partial charge in [-0.1, -0.05) is 6.07 Å². The van der Waals surface area contributed by atoms with Crippen LogP contribution >= 0.6 is 0 Å². The van der Waals surface area contributed by atoms with Gasteiger partial charge in [0.1, 0.15) is 0 Å². The Balaban J connectivity index is 2.35. The largest absolute Gasteiger partial charge is 0.398 e. The second kappa shape index (κ2) is 4.57. The summed E-state index contributed by atoms with van der Waals surface area (Å²) in [7, 11) is 2.18. The molecule has 1 aromatic carbocycles. The molecule has 0 spiro atoms. The molecular weight excluding hydrogens is 210 g/mol. The van der Waals surface area contributed by atoms with Gasteiger partial charge in [-0.15, -0.1) is 0 Å². The van der Waals surface area contributed by atoms with Gasteiger partial charge < -0.3 is 15.5 Å². The highest BCUT2D eigenvalue weighted by Crippen LogP contribution is 2.32. The van der Waals surface area contributed by atoms with Crippen LogP contribution in [0.4, 0.5) is 11.4 Å². The molecule has 0 atom stereocenters. The van der Waals surface area contributed by atoms with Gasteiger partial charge in [0.2, 0.25) is 0 Å². The Labute approximate surface area is 104 Å². The van der Waals surface area contributed by atoms with Crippen LogP contribution in [0, 0.1) is 20.8 Å². The van der Waals surface area contributed by atoms with Crippen LogP contribution in [0.25, 0.3) is 0 Å². The maximum Gasteiger partial charge on any atom is 0.0447 e. The van der Waals surface area contributed by atoms with E-state index in [4.69, 9.17) is 5.73 Å². The van der Waals surface area contributed by atoms with Crippen molar-refractivity contribution < 1.29 is 0 Å². The van der Waals surface area contributed by atoms with Crippen LogP contribution in [0.15, 0.2) is 6.07 Å². The van der Waals surface area contributed by atoms with Crippen LogP contribution in [0.2, 0.25) is 0 Å². The van der Waals surface area contributed by atoms with Gasteiger partial charge in [0.15, 0.2) is 0 Å². The smallest absolute Gasteiger partial charge is 0.0447 e. The van der Waals surface area contributed by atoms with E-state index >= 15 is 0 Å². The van der Waals surface area contributed by atoms with Crippen molar-refractivity contribution in [2.75, 3.05) is 43.9 Å². The van der Waals surface area contributed by atoms with E-state index in [9.17, 15) is 0 Å². The third-order valence-electron chi connectivity index (χ3n) is 3.81. The highest BCUT2D eigenvalue weighted by Gasteiger charge is 2.19. The highest BCUT2D eigenvalue weighted by molar-refractivity contribution is 5.71. The predicted octanol–water partition coefficient (Wildman–Crippen LogP) is 1.95. The first-order valence-electron chi connectivity index (χ1n) is 6.30. The van der Waals surface area contributed by atoms with E-state index in [1.807, 2.05) is 0 Å². The second-order valence-corrected chi connectivity index (χ2v) is 5.19. The van der Waals surface area contributed by atoms with Crippen molar-refractivity contribution in [1.29, 1.82) is 0 Å². The normalized spacial score (nSPS) is 17.5. The number of nitrogens with zero attached hydrogens (tertiary/aromatic N) is 2. The molecule has 0 bridgehead atoms. The number of piperazine rings is 1. The third kappa shape index (κ3) is 2.25. The van der Waals surface area contributed by atoms with E-state index in [2.05, 4.69) is 43.7 Å². The lowest BCUT2D eigenvalue weighted by Crippen LogP contribution is -2.45. The van der Waals surface area contributed by atoms with Crippen molar-refractivity contribution in [2.45, 2.75) is 20.8 Å². The number of hydrogen-bond acceptors (Lipinski definition) is 3. The standard InChI is InChI=1S/C14H23N3/c1-10-9-11(2)14(12(3)13(10)15)17-7-5-16(4)6-8-17/h9H,5-8,15H2,1-4H3. The van der Waals surface area contributed by atoms with E-state index in [0.717, 1.165) is 31.9 Å². The second-order valence-electron chi connectivity index (χ2n) is 5.19. The lowest BCUT2D eigenvalue weighted by Gasteiger charge is -2.36. The molecule has 94 valence electrons. The van der Waals surface area contributed by atoms with Gasteiger partial charge >= 0.3 is 0 Å². The zero-order valence-electron chi connectivity index (χ0n) is 11.4. The number of likely N-dealkylation sites (N-methyl/N-ethyl adjacent to an activating group) is 1. The zero-order chi connectivity index (χ0) is 12.6. The molecule has 2 rings (SSSR count). The van der Waals surface area contributed by atoms with Crippen LogP contribution < -0.4 is 10.6 Å². The molecule has 1 heterocycles. The first-order chi connectivity index (χ1) is 8.00. The first-order valence-corrected chi connectivity index (χ1v) is 6.30. The van der Waals surface area contributed by atoms with Crippen LogP contribution in [0.1, 0.15) is 16.7 Å². The topological polar surface area (TPSA) is 32.5 Å². The Bertz CT molecular complexity index is 418. The quantitative estimate of drug-likeness (QED) is 0.753. The van der Waals surface area contributed by atoms with Crippen molar-refractivity contribution in [3.63, 3.8) is 0 Å². The molecule has 0 radical (unpaired) electrons. The molecule has 3 heteroatoms. The van der Waals surface area contributed by atoms with E-state index in [0.29, 0.717) is 0 Å². The molecule has 1 fully saturated rings. The summed E-state index contributed by atoms with van der Waals surface area (Å²) < 4.78 is 0. The number of rotatable bonds is 1. The average Bonchev–Trinajstić information content (AvgIpc) is 2.29. The first kappa shape index (κ1) is 12.2. The molecule has 2 N–H and O–H groups in total. The van der Waals surface area contributed by atoms with Crippen molar-refractivity contribution in [1.82, 2.24) is 4.90 Å². The van der Waals surface area contributed by atoms with Gasteiger partial charge in [-0.2, -0.15) is 0 Å². The summed E-state index contributed by atoms with van der Waals surface area (Å²) in [4.78, 5) is 4.85. The maximum absolute atomic E-state index is 6.15. The summed E-state index contributed by atoms with van der Waals surface area (Å²) in [6.07, 6.45) is 0. The fourth-order valence-corrected chi connectivity index (χ4v) is 2.71. The summed E-state index contributed by atoms with van der Waals surface area (Å²) in [6, 6.07) is 2.20. The Hall–Kier alpha value is -1.22. The van der Waals surface area contributed by atoms with E-state index in [1.165, 1.54) is 22.4 Å². The molecule has 0 aliphatic carbocycles. The summed E-state index contributed by atoms with van der Waals surface area (Å²) in [5.74, 6) is 0. The minimum atomic E-state index is 0.949. The van der Waals surface area contributed by atoms with Crippen LogP contribution in [-0.4, -0.2) is 38.1 Å². The van der Waals surface area contributed by atoms with Crippen LogP contribution in [0.3, 0.4) is 0 Å². The van der Waals surface area contributed by atoms with Crippen LogP contribution in [0.5, 0.6) is 0 Å². The number of benzene rings is 1. The number of aryl methyl sites for hydroxylation is 2. The summed E-state index contributed by atoms with van der Waals surface area (Å²) in [5, 5.41) is 0. The fourth-order valence-electron chi connectivity index (χ4n) is 2.71. The minimum absolute atomic E-state index is 0.949. The SMILES string of the molecule is Cc1cc(C)c(N2CCN(C)CC2)c(C)c1N. The number of nitrogens with two attached hydrogens (primary N) is 1. The number of hydrogen-bond donors (Lipinski definition) is 1. The summed E-state index contributed by atoms with van der Waals surface area (Å²) >= 11 is 0. The molecule has 1 saturated heterocycles. The van der Waals surface area contributed by atoms with Crippen LogP contribution in [-0.2, 0) is 0 Å². The summed E-state index contributed by atoms with van der Waals surface area (Å²) in [5.41, 5.74) is 12.2.